The molecule has 2 atom stereocenters. The van der Waals surface area contributed by atoms with Crippen LogP contribution in [0.1, 0.15) is 42.9 Å². The van der Waals surface area contributed by atoms with Gasteiger partial charge in [0.05, 0.1) is 12.1 Å². The Kier molecular flexibility index (Phi) is 5.29. The predicted octanol–water partition coefficient (Wildman–Crippen LogP) is 2.88. The monoisotopic (exact) mass is 354 g/mol. The van der Waals surface area contributed by atoms with Crippen LogP contribution < -0.4 is 5.32 Å². The van der Waals surface area contributed by atoms with Gasteiger partial charge in [-0.15, -0.1) is 5.10 Å². The molecule has 26 heavy (non-hydrogen) atoms. The second kappa shape index (κ2) is 7.99. The standard InChI is InChI=1S/C20H26N4O2/c25-19(9-8-16-13-22-23-26-16)20-15(14-24-10-4-1-5-11-24)12-21-18-7-3-2-6-17(18)20/h2-3,6-7,13,15,20-21H,1,4-5,8-12,14H2. The maximum atomic E-state index is 13.2. The molecule has 0 aliphatic carbocycles. The average molecular weight is 354 g/mol. The number of hydrogen-bond acceptors (Lipinski definition) is 6. The fraction of sp³-hybridized carbons (Fsp3) is 0.550. The summed E-state index contributed by atoms with van der Waals surface area (Å²) in [5.41, 5.74) is 2.24. The van der Waals surface area contributed by atoms with Crippen molar-refractivity contribution in [3.63, 3.8) is 0 Å². The number of aromatic nitrogens is 2. The van der Waals surface area contributed by atoms with Gasteiger partial charge in [0.1, 0.15) is 5.78 Å². The van der Waals surface area contributed by atoms with Gasteiger partial charge in [-0.05, 0) is 37.6 Å². The Morgan fingerprint density at radius 2 is 2.08 bits per heavy atom. The number of aryl methyl sites for hydroxylation is 1. The number of fused-ring (bicyclic) bond motifs is 1. The highest BCUT2D eigenvalue weighted by molar-refractivity contribution is 5.88. The van der Waals surface area contributed by atoms with Crippen LogP contribution in [-0.2, 0) is 11.2 Å². The Labute approximate surface area is 153 Å². The maximum absolute atomic E-state index is 13.2. The van der Waals surface area contributed by atoms with Crippen LogP contribution in [0, 0.1) is 5.92 Å². The third-order valence-electron chi connectivity index (χ3n) is 5.63. The number of ketones is 1. The Morgan fingerprint density at radius 1 is 1.23 bits per heavy atom. The highest BCUT2D eigenvalue weighted by Crippen LogP contribution is 2.37. The van der Waals surface area contributed by atoms with Crippen molar-refractivity contribution >= 4 is 11.5 Å². The molecule has 2 aliphatic heterocycles. The number of likely N-dealkylation sites (tertiary alicyclic amines) is 1. The largest absolute Gasteiger partial charge is 0.384 e. The second-order valence-electron chi connectivity index (χ2n) is 7.42. The molecule has 2 unspecified atom stereocenters. The molecule has 4 rings (SSSR count). The molecule has 2 aliphatic rings. The average Bonchev–Trinajstić information content (AvgIpc) is 3.20. The summed E-state index contributed by atoms with van der Waals surface area (Å²) in [6.45, 7) is 4.15. The molecule has 0 bridgehead atoms. The SMILES string of the molecule is O=C(CCc1cnno1)C1c2ccccc2NCC1CN1CCCCC1. The molecule has 1 aromatic carbocycles. The Balaban J connectivity index is 1.51. The molecule has 1 saturated heterocycles. The topological polar surface area (TPSA) is 71.3 Å². The molecule has 1 N–H and O–H groups in total. The molecule has 2 aromatic rings. The lowest BCUT2D eigenvalue weighted by Crippen LogP contribution is -2.42. The zero-order chi connectivity index (χ0) is 17.8. The minimum absolute atomic E-state index is 0.0507. The lowest BCUT2D eigenvalue weighted by molar-refractivity contribution is -0.122. The van der Waals surface area contributed by atoms with Gasteiger partial charge in [-0.1, -0.05) is 24.6 Å². The summed E-state index contributed by atoms with van der Waals surface area (Å²) in [7, 11) is 0. The summed E-state index contributed by atoms with van der Waals surface area (Å²) in [5.74, 6) is 1.22. The van der Waals surface area contributed by atoms with E-state index < -0.39 is 0 Å². The van der Waals surface area contributed by atoms with Gasteiger partial charge < -0.3 is 14.7 Å². The van der Waals surface area contributed by atoms with Crippen LogP contribution in [0.3, 0.4) is 0 Å². The molecule has 6 nitrogen and oxygen atoms in total. The van der Waals surface area contributed by atoms with Crippen molar-refractivity contribution in [1.82, 2.24) is 15.3 Å². The van der Waals surface area contributed by atoms with Gasteiger partial charge in [-0.25, -0.2) is 0 Å². The molecule has 0 saturated carbocycles. The van der Waals surface area contributed by atoms with Crippen molar-refractivity contribution in [3.8, 4) is 0 Å². The van der Waals surface area contributed by atoms with E-state index in [1.165, 1.54) is 19.3 Å². The number of nitrogens with zero attached hydrogens (tertiary/aromatic N) is 3. The van der Waals surface area contributed by atoms with E-state index in [0.29, 0.717) is 24.5 Å². The van der Waals surface area contributed by atoms with Crippen LogP contribution in [0.25, 0.3) is 0 Å². The zero-order valence-corrected chi connectivity index (χ0v) is 15.1. The van der Waals surface area contributed by atoms with Gasteiger partial charge in [-0.3, -0.25) is 4.79 Å². The molecule has 3 heterocycles. The zero-order valence-electron chi connectivity index (χ0n) is 15.1. The molecule has 1 aromatic heterocycles. The lowest BCUT2D eigenvalue weighted by Gasteiger charge is -2.38. The normalized spacial score (nSPS) is 23.2. The van der Waals surface area contributed by atoms with Gasteiger partial charge in [0.25, 0.3) is 0 Å². The van der Waals surface area contributed by atoms with Crippen molar-refractivity contribution in [2.24, 2.45) is 5.92 Å². The van der Waals surface area contributed by atoms with E-state index in [9.17, 15) is 4.79 Å². The smallest absolute Gasteiger partial charge is 0.157 e. The first-order valence-corrected chi connectivity index (χ1v) is 9.65. The highest BCUT2D eigenvalue weighted by atomic mass is 16.5. The number of anilines is 1. The van der Waals surface area contributed by atoms with E-state index in [0.717, 1.165) is 37.4 Å². The van der Waals surface area contributed by atoms with Crippen LogP contribution in [0.15, 0.2) is 35.0 Å². The maximum Gasteiger partial charge on any atom is 0.157 e. The van der Waals surface area contributed by atoms with Crippen LogP contribution in [0.2, 0.25) is 0 Å². The van der Waals surface area contributed by atoms with E-state index in [1.807, 2.05) is 12.1 Å². The molecule has 6 heteroatoms. The van der Waals surface area contributed by atoms with Crippen molar-refractivity contribution in [2.45, 2.75) is 38.0 Å². The van der Waals surface area contributed by atoms with E-state index in [-0.39, 0.29) is 11.7 Å². The quantitative estimate of drug-likeness (QED) is 0.860. The Bertz CT molecular complexity index is 725. The number of piperidine rings is 1. The minimum atomic E-state index is -0.0507. The molecule has 0 spiro atoms. The number of carbonyl (C=O) groups is 1. The number of hydrogen-bond donors (Lipinski definition) is 1. The number of benzene rings is 1. The summed E-state index contributed by atoms with van der Waals surface area (Å²) in [6, 6.07) is 8.24. The minimum Gasteiger partial charge on any atom is -0.384 e. The summed E-state index contributed by atoms with van der Waals surface area (Å²) in [5, 5.41) is 10.7. The molecular weight excluding hydrogens is 328 g/mol. The summed E-state index contributed by atoms with van der Waals surface area (Å²) >= 11 is 0. The third-order valence-corrected chi connectivity index (χ3v) is 5.63. The van der Waals surface area contributed by atoms with Crippen molar-refractivity contribution in [2.75, 3.05) is 31.5 Å². The Hall–Kier alpha value is -2.21. The van der Waals surface area contributed by atoms with Crippen molar-refractivity contribution in [1.29, 1.82) is 0 Å². The number of nitrogens with one attached hydrogen (secondary N) is 1. The fourth-order valence-electron chi connectivity index (χ4n) is 4.32. The van der Waals surface area contributed by atoms with Crippen LogP contribution >= 0.6 is 0 Å². The molecule has 138 valence electrons. The van der Waals surface area contributed by atoms with Gasteiger partial charge >= 0.3 is 0 Å². The first kappa shape index (κ1) is 17.2. The summed E-state index contributed by atoms with van der Waals surface area (Å²) < 4.78 is 5.06. The Morgan fingerprint density at radius 3 is 2.88 bits per heavy atom. The van der Waals surface area contributed by atoms with Gasteiger partial charge in [-0.2, -0.15) is 0 Å². The van der Waals surface area contributed by atoms with E-state index in [4.69, 9.17) is 4.52 Å². The van der Waals surface area contributed by atoms with E-state index >= 15 is 0 Å². The fourth-order valence-corrected chi connectivity index (χ4v) is 4.32. The first-order chi connectivity index (χ1) is 12.8. The molecule has 1 fully saturated rings. The van der Waals surface area contributed by atoms with Gasteiger partial charge in [0, 0.05) is 42.8 Å². The summed E-state index contributed by atoms with van der Waals surface area (Å²) in [6.07, 6.45) is 6.49. The first-order valence-electron chi connectivity index (χ1n) is 9.65. The molecule has 0 radical (unpaired) electrons. The van der Waals surface area contributed by atoms with E-state index in [1.54, 1.807) is 6.20 Å². The number of para-hydroxylation sites is 1. The molecule has 0 amide bonds. The van der Waals surface area contributed by atoms with Crippen LogP contribution in [-0.4, -0.2) is 47.2 Å². The van der Waals surface area contributed by atoms with E-state index in [2.05, 4.69) is 32.7 Å². The van der Waals surface area contributed by atoms with Gasteiger partial charge in [0.15, 0.2) is 5.76 Å². The van der Waals surface area contributed by atoms with Gasteiger partial charge in [0.2, 0.25) is 0 Å². The number of Topliss-reactive ketones (excluding diaryl/α,β-unsaturated/α-hetero) is 1. The van der Waals surface area contributed by atoms with Crippen LogP contribution in [0.4, 0.5) is 5.69 Å². The number of carbonyl (C=O) groups excluding carboxylic acids is 1. The second-order valence-corrected chi connectivity index (χ2v) is 7.42. The highest BCUT2D eigenvalue weighted by Gasteiger charge is 2.35. The predicted molar refractivity (Wildman–Crippen MR) is 99.1 cm³/mol. The third kappa shape index (κ3) is 3.80. The number of rotatable bonds is 6. The van der Waals surface area contributed by atoms with Crippen molar-refractivity contribution < 1.29 is 9.32 Å². The summed E-state index contributed by atoms with van der Waals surface area (Å²) in [4.78, 5) is 15.7. The van der Waals surface area contributed by atoms with Crippen molar-refractivity contribution in [3.05, 3.63) is 41.8 Å². The lowest BCUT2D eigenvalue weighted by atomic mass is 9.77. The molecular formula is C20H26N4O2. The van der Waals surface area contributed by atoms with Crippen LogP contribution in [0.5, 0.6) is 0 Å².